The average molecular weight is 275 g/mol. The van der Waals surface area contributed by atoms with Crippen LogP contribution in [-0.2, 0) is 4.74 Å². The third-order valence-corrected chi connectivity index (χ3v) is 5.73. The smallest absolute Gasteiger partial charge is 0.0656 e. The maximum Gasteiger partial charge on any atom is 0.0656 e. The Morgan fingerprint density at radius 3 is 2.53 bits per heavy atom. The lowest BCUT2D eigenvalue weighted by atomic mass is 9.58. The standard InChI is InChI=1S/C13H23BrO/c1-3-10(2)15-12-9-11(14)13(12)7-5-4-6-8-13/h10-12H,3-9H2,1-2H3. The molecule has 0 radical (unpaired) electrons. The van der Waals surface area contributed by atoms with Crippen LogP contribution < -0.4 is 0 Å². The van der Waals surface area contributed by atoms with Crippen molar-refractivity contribution < 1.29 is 4.74 Å². The van der Waals surface area contributed by atoms with Gasteiger partial charge in [-0.05, 0) is 32.6 Å². The van der Waals surface area contributed by atoms with E-state index in [1.807, 2.05) is 0 Å². The quantitative estimate of drug-likeness (QED) is 0.698. The second-order valence-corrected chi connectivity index (χ2v) is 6.45. The lowest BCUT2D eigenvalue weighted by molar-refractivity contribution is -0.145. The highest BCUT2D eigenvalue weighted by Gasteiger charge is 2.54. The normalized spacial score (nSPS) is 36.2. The second kappa shape index (κ2) is 4.75. The first-order valence-corrected chi connectivity index (χ1v) is 7.40. The van der Waals surface area contributed by atoms with Crippen LogP contribution in [0, 0.1) is 5.41 Å². The van der Waals surface area contributed by atoms with Gasteiger partial charge in [0.05, 0.1) is 12.2 Å². The van der Waals surface area contributed by atoms with Crippen molar-refractivity contribution in [2.24, 2.45) is 5.41 Å². The van der Waals surface area contributed by atoms with Crippen molar-refractivity contribution in [1.29, 1.82) is 0 Å². The SMILES string of the molecule is CCC(C)OC1CC(Br)C12CCCCC2. The predicted octanol–water partition coefficient (Wildman–Crippen LogP) is 4.29. The van der Waals surface area contributed by atoms with Gasteiger partial charge in [0.15, 0.2) is 0 Å². The number of ether oxygens (including phenoxy) is 1. The Kier molecular flexibility index (Phi) is 3.77. The summed E-state index contributed by atoms with van der Waals surface area (Å²) in [6.45, 7) is 4.42. The molecular formula is C13H23BrO. The van der Waals surface area contributed by atoms with Crippen molar-refractivity contribution >= 4 is 15.9 Å². The molecule has 2 rings (SSSR count). The van der Waals surface area contributed by atoms with Crippen LogP contribution in [-0.4, -0.2) is 17.0 Å². The fraction of sp³-hybridized carbons (Fsp3) is 1.00. The highest BCUT2D eigenvalue weighted by Crippen LogP contribution is 2.56. The fourth-order valence-electron chi connectivity index (χ4n) is 3.11. The topological polar surface area (TPSA) is 9.23 Å². The van der Waals surface area contributed by atoms with Crippen LogP contribution in [0.5, 0.6) is 0 Å². The minimum Gasteiger partial charge on any atom is -0.375 e. The minimum atomic E-state index is 0.439. The molecular weight excluding hydrogens is 252 g/mol. The van der Waals surface area contributed by atoms with E-state index < -0.39 is 0 Å². The molecule has 1 spiro atoms. The van der Waals surface area contributed by atoms with E-state index in [0.29, 0.717) is 17.6 Å². The minimum absolute atomic E-state index is 0.439. The lowest BCUT2D eigenvalue weighted by Crippen LogP contribution is -2.57. The molecule has 0 bridgehead atoms. The van der Waals surface area contributed by atoms with E-state index in [-0.39, 0.29) is 0 Å². The Morgan fingerprint density at radius 1 is 1.33 bits per heavy atom. The van der Waals surface area contributed by atoms with Gasteiger partial charge >= 0.3 is 0 Å². The van der Waals surface area contributed by atoms with Crippen molar-refractivity contribution in [1.82, 2.24) is 0 Å². The second-order valence-electron chi connectivity index (χ2n) is 5.34. The Balaban J connectivity index is 1.95. The van der Waals surface area contributed by atoms with Crippen molar-refractivity contribution in [3.05, 3.63) is 0 Å². The molecule has 0 aliphatic heterocycles. The van der Waals surface area contributed by atoms with E-state index >= 15 is 0 Å². The van der Waals surface area contributed by atoms with Crippen LogP contribution in [0.2, 0.25) is 0 Å². The molecule has 0 aromatic carbocycles. The summed E-state index contributed by atoms with van der Waals surface area (Å²) < 4.78 is 6.17. The summed E-state index contributed by atoms with van der Waals surface area (Å²) in [5, 5.41) is 0. The number of hydrogen-bond donors (Lipinski definition) is 0. The zero-order valence-corrected chi connectivity index (χ0v) is 11.6. The van der Waals surface area contributed by atoms with Gasteiger partial charge in [0.2, 0.25) is 0 Å². The van der Waals surface area contributed by atoms with Crippen LogP contribution in [0.15, 0.2) is 0 Å². The molecule has 2 heteroatoms. The summed E-state index contributed by atoms with van der Waals surface area (Å²) in [7, 11) is 0. The van der Waals surface area contributed by atoms with E-state index in [0.717, 1.165) is 11.2 Å². The fourth-order valence-corrected chi connectivity index (χ4v) is 4.20. The summed E-state index contributed by atoms with van der Waals surface area (Å²) in [5.74, 6) is 0. The molecule has 0 saturated heterocycles. The van der Waals surface area contributed by atoms with Crippen LogP contribution in [0.25, 0.3) is 0 Å². The molecule has 1 nitrogen and oxygen atoms in total. The predicted molar refractivity (Wildman–Crippen MR) is 67.5 cm³/mol. The van der Waals surface area contributed by atoms with E-state index in [4.69, 9.17) is 4.74 Å². The summed E-state index contributed by atoms with van der Waals surface area (Å²) in [4.78, 5) is 0.722. The van der Waals surface area contributed by atoms with Gasteiger partial charge < -0.3 is 4.74 Å². The molecule has 2 saturated carbocycles. The van der Waals surface area contributed by atoms with E-state index in [1.165, 1.54) is 38.5 Å². The number of halogens is 1. The highest BCUT2D eigenvalue weighted by atomic mass is 79.9. The Hall–Kier alpha value is 0.440. The molecule has 3 atom stereocenters. The van der Waals surface area contributed by atoms with Crippen molar-refractivity contribution in [3.63, 3.8) is 0 Å². The van der Waals surface area contributed by atoms with Gasteiger partial charge in [-0.1, -0.05) is 42.1 Å². The Morgan fingerprint density at radius 2 is 2.00 bits per heavy atom. The first-order valence-electron chi connectivity index (χ1n) is 6.48. The van der Waals surface area contributed by atoms with Crippen molar-refractivity contribution in [2.45, 2.75) is 75.8 Å². The summed E-state index contributed by atoms with van der Waals surface area (Å²) >= 11 is 3.85. The Bertz CT molecular complexity index is 211. The van der Waals surface area contributed by atoms with Crippen molar-refractivity contribution in [3.8, 4) is 0 Å². The van der Waals surface area contributed by atoms with Gasteiger partial charge in [-0.2, -0.15) is 0 Å². The van der Waals surface area contributed by atoms with Crippen LogP contribution in [0.1, 0.15) is 58.8 Å². The maximum absolute atomic E-state index is 6.17. The Labute approximate surface area is 102 Å². The molecule has 15 heavy (non-hydrogen) atoms. The molecule has 2 aliphatic carbocycles. The van der Waals surface area contributed by atoms with E-state index in [1.54, 1.807) is 0 Å². The van der Waals surface area contributed by atoms with Gasteiger partial charge in [0, 0.05) is 10.2 Å². The maximum atomic E-state index is 6.17. The third-order valence-electron chi connectivity index (χ3n) is 4.44. The van der Waals surface area contributed by atoms with Gasteiger partial charge in [-0.15, -0.1) is 0 Å². The van der Waals surface area contributed by atoms with E-state index in [9.17, 15) is 0 Å². The molecule has 0 N–H and O–H groups in total. The molecule has 3 unspecified atom stereocenters. The van der Waals surface area contributed by atoms with Crippen molar-refractivity contribution in [2.75, 3.05) is 0 Å². The van der Waals surface area contributed by atoms with Gasteiger partial charge in [0.25, 0.3) is 0 Å². The molecule has 2 fully saturated rings. The summed E-state index contributed by atoms with van der Waals surface area (Å²) in [5.41, 5.74) is 0.502. The molecule has 88 valence electrons. The molecule has 0 heterocycles. The molecule has 0 aromatic rings. The zero-order chi connectivity index (χ0) is 10.9. The van der Waals surface area contributed by atoms with Gasteiger partial charge in [-0.3, -0.25) is 0 Å². The third kappa shape index (κ3) is 2.12. The summed E-state index contributed by atoms with van der Waals surface area (Å²) in [6, 6.07) is 0. The zero-order valence-electron chi connectivity index (χ0n) is 9.97. The van der Waals surface area contributed by atoms with Crippen LogP contribution in [0.3, 0.4) is 0 Å². The molecule has 2 aliphatic rings. The monoisotopic (exact) mass is 274 g/mol. The summed E-state index contributed by atoms with van der Waals surface area (Å²) in [6.07, 6.45) is 10.3. The van der Waals surface area contributed by atoms with Gasteiger partial charge in [0.1, 0.15) is 0 Å². The first kappa shape index (κ1) is 11.9. The average Bonchev–Trinajstić information content (AvgIpc) is 2.29. The molecule has 0 aromatic heterocycles. The molecule has 0 amide bonds. The number of rotatable bonds is 3. The lowest BCUT2D eigenvalue weighted by Gasteiger charge is -2.56. The van der Waals surface area contributed by atoms with Gasteiger partial charge in [-0.25, -0.2) is 0 Å². The number of hydrogen-bond acceptors (Lipinski definition) is 1. The van der Waals surface area contributed by atoms with E-state index in [2.05, 4.69) is 29.8 Å². The largest absolute Gasteiger partial charge is 0.375 e. The van der Waals surface area contributed by atoms with Crippen LogP contribution >= 0.6 is 15.9 Å². The number of alkyl halides is 1. The first-order chi connectivity index (χ1) is 7.19. The highest BCUT2D eigenvalue weighted by molar-refractivity contribution is 9.09. The van der Waals surface area contributed by atoms with Crippen LogP contribution in [0.4, 0.5) is 0 Å².